The zero-order valence-corrected chi connectivity index (χ0v) is 12.6. The van der Waals surface area contributed by atoms with E-state index in [9.17, 15) is 14.5 Å². The number of hydrogen-bond acceptors (Lipinski definition) is 5. The van der Waals surface area contributed by atoms with Gasteiger partial charge in [-0.1, -0.05) is 30.3 Å². The van der Waals surface area contributed by atoms with Gasteiger partial charge in [0.1, 0.15) is 5.75 Å². The lowest BCUT2D eigenvalue weighted by Crippen LogP contribution is -2.34. The Labute approximate surface area is 133 Å². The summed E-state index contributed by atoms with van der Waals surface area (Å²) >= 11 is 0. The van der Waals surface area contributed by atoms with Gasteiger partial charge in [-0.2, -0.15) is 0 Å². The van der Waals surface area contributed by atoms with Crippen molar-refractivity contribution in [2.45, 2.75) is 12.5 Å². The van der Waals surface area contributed by atoms with Crippen molar-refractivity contribution >= 4 is 17.4 Å². The Morgan fingerprint density at radius 1 is 1.09 bits per heavy atom. The molecule has 2 aromatic rings. The van der Waals surface area contributed by atoms with Crippen molar-refractivity contribution in [1.29, 1.82) is 0 Å². The highest BCUT2D eigenvalue weighted by Gasteiger charge is 2.27. The first kappa shape index (κ1) is 16.4. The summed E-state index contributed by atoms with van der Waals surface area (Å²) in [4.78, 5) is 35.1. The third kappa shape index (κ3) is 4.47. The summed E-state index contributed by atoms with van der Waals surface area (Å²) in [7, 11) is 1.54. The Kier molecular flexibility index (Phi) is 5.57. The molecule has 1 amide bonds. The van der Waals surface area contributed by atoms with Crippen LogP contribution in [0.1, 0.15) is 5.56 Å². The van der Waals surface area contributed by atoms with E-state index >= 15 is 0 Å². The molecule has 0 bridgehead atoms. The predicted octanol–water partition coefficient (Wildman–Crippen LogP) is 2.58. The number of carbonyl (C=O) groups is 2. The molecule has 0 radical (unpaired) electrons. The number of nitrogens with one attached hydrogen (secondary N) is 1. The number of ketones is 1. The van der Waals surface area contributed by atoms with Gasteiger partial charge in [-0.3, -0.25) is 9.59 Å². The normalized spacial score (nSPS) is 11.3. The van der Waals surface area contributed by atoms with Crippen LogP contribution in [0.15, 0.2) is 59.8 Å². The highest BCUT2D eigenvalue weighted by molar-refractivity contribution is 6.11. The molecule has 0 fully saturated rings. The topological polar surface area (TPSA) is 84.8 Å². The van der Waals surface area contributed by atoms with Gasteiger partial charge in [0.2, 0.25) is 6.04 Å². The fourth-order valence-corrected chi connectivity index (χ4v) is 2.03. The summed E-state index contributed by atoms with van der Waals surface area (Å²) in [6.07, 6.45) is -0.0530. The summed E-state index contributed by atoms with van der Waals surface area (Å²) < 4.78 is 5.03. The van der Waals surface area contributed by atoms with E-state index in [-0.39, 0.29) is 6.42 Å². The highest BCUT2D eigenvalue weighted by atomic mass is 16.5. The molecule has 2 rings (SSSR count). The van der Waals surface area contributed by atoms with E-state index < -0.39 is 17.7 Å². The quantitative estimate of drug-likeness (QED) is 0.629. The molecule has 1 unspecified atom stereocenters. The summed E-state index contributed by atoms with van der Waals surface area (Å²) in [6, 6.07) is 13.8. The van der Waals surface area contributed by atoms with E-state index in [0.717, 1.165) is 0 Å². The first-order valence-electron chi connectivity index (χ1n) is 6.98. The first-order valence-corrected chi connectivity index (χ1v) is 6.98. The molecule has 0 saturated heterocycles. The molecular formula is C17H16N2O4. The van der Waals surface area contributed by atoms with Crippen LogP contribution >= 0.6 is 0 Å². The van der Waals surface area contributed by atoms with Crippen LogP contribution in [0, 0.1) is 4.91 Å². The van der Waals surface area contributed by atoms with Crippen LogP contribution in [-0.2, 0) is 16.0 Å². The minimum atomic E-state index is -1.57. The lowest BCUT2D eigenvalue weighted by atomic mass is 10.0. The summed E-state index contributed by atoms with van der Waals surface area (Å²) in [5, 5.41) is 5.18. The van der Waals surface area contributed by atoms with Gasteiger partial charge < -0.3 is 10.1 Å². The van der Waals surface area contributed by atoms with Gasteiger partial charge in [0, 0.05) is 12.1 Å². The standard InChI is InChI=1S/C17H16N2O4/c1-23-14-9-7-12(8-10-14)11-15(20)16(19-22)17(21)18-13-5-3-2-4-6-13/h2-10,16H,11H2,1H3,(H,18,21). The second kappa shape index (κ2) is 7.84. The molecule has 0 aliphatic heterocycles. The Hall–Kier alpha value is -3.02. The Morgan fingerprint density at radius 2 is 1.74 bits per heavy atom. The van der Waals surface area contributed by atoms with Gasteiger partial charge >= 0.3 is 0 Å². The molecule has 0 heterocycles. The highest BCUT2D eigenvalue weighted by Crippen LogP contribution is 2.13. The van der Waals surface area contributed by atoms with Gasteiger partial charge in [0.25, 0.3) is 5.91 Å². The molecule has 0 saturated carbocycles. The molecule has 23 heavy (non-hydrogen) atoms. The minimum Gasteiger partial charge on any atom is -0.497 e. The summed E-state index contributed by atoms with van der Waals surface area (Å²) in [5.41, 5.74) is 1.18. The van der Waals surface area contributed by atoms with E-state index in [1.54, 1.807) is 61.7 Å². The first-order chi connectivity index (χ1) is 11.1. The molecule has 6 nitrogen and oxygen atoms in total. The molecule has 0 spiro atoms. The van der Waals surface area contributed by atoms with Crippen LogP contribution in [0.5, 0.6) is 5.75 Å². The van der Waals surface area contributed by atoms with Crippen LogP contribution in [0.4, 0.5) is 5.69 Å². The monoisotopic (exact) mass is 312 g/mol. The lowest BCUT2D eigenvalue weighted by molar-refractivity contribution is -0.126. The van der Waals surface area contributed by atoms with E-state index in [1.165, 1.54) is 0 Å². The van der Waals surface area contributed by atoms with Gasteiger partial charge in [-0.15, -0.1) is 4.91 Å². The second-order valence-corrected chi connectivity index (χ2v) is 4.85. The van der Waals surface area contributed by atoms with E-state index in [2.05, 4.69) is 10.5 Å². The molecule has 1 N–H and O–H groups in total. The average Bonchev–Trinajstić information content (AvgIpc) is 2.57. The Balaban J connectivity index is 2.02. The number of hydrogen-bond donors (Lipinski definition) is 1. The average molecular weight is 312 g/mol. The molecule has 0 aromatic heterocycles. The molecule has 6 heteroatoms. The molecular weight excluding hydrogens is 296 g/mol. The number of methoxy groups -OCH3 is 1. The number of rotatable bonds is 7. The van der Waals surface area contributed by atoms with Crippen molar-refractivity contribution in [3.05, 3.63) is 65.1 Å². The molecule has 0 aliphatic carbocycles. The Morgan fingerprint density at radius 3 is 2.30 bits per heavy atom. The number of anilines is 1. The number of para-hydroxylation sites is 1. The van der Waals surface area contributed by atoms with Crippen molar-refractivity contribution in [2.24, 2.45) is 5.18 Å². The van der Waals surface area contributed by atoms with Crippen LogP contribution < -0.4 is 10.1 Å². The summed E-state index contributed by atoms with van der Waals surface area (Å²) in [6.45, 7) is 0. The van der Waals surface area contributed by atoms with Gasteiger partial charge in [0.05, 0.1) is 7.11 Å². The molecule has 0 aliphatic rings. The van der Waals surface area contributed by atoms with Crippen LogP contribution in [-0.4, -0.2) is 24.8 Å². The van der Waals surface area contributed by atoms with E-state index in [0.29, 0.717) is 17.0 Å². The van der Waals surface area contributed by atoms with Crippen molar-refractivity contribution in [3.8, 4) is 5.75 Å². The number of nitrogens with zero attached hydrogens (tertiary/aromatic N) is 1. The van der Waals surface area contributed by atoms with Crippen molar-refractivity contribution in [2.75, 3.05) is 12.4 Å². The van der Waals surface area contributed by atoms with E-state index in [1.807, 2.05) is 0 Å². The van der Waals surface area contributed by atoms with E-state index in [4.69, 9.17) is 4.74 Å². The maximum atomic E-state index is 12.1. The zero-order valence-electron chi connectivity index (χ0n) is 12.6. The third-order valence-corrected chi connectivity index (χ3v) is 3.24. The predicted molar refractivity (Wildman–Crippen MR) is 86.4 cm³/mol. The molecule has 1 atom stereocenters. The van der Waals surface area contributed by atoms with Crippen LogP contribution in [0.2, 0.25) is 0 Å². The minimum absolute atomic E-state index is 0.0530. The van der Waals surface area contributed by atoms with Crippen LogP contribution in [0.3, 0.4) is 0 Å². The lowest BCUT2D eigenvalue weighted by Gasteiger charge is -2.10. The second-order valence-electron chi connectivity index (χ2n) is 4.85. The number of carbonyl (C=O) groups excluding carboxylic acids is 2. The third-order valence-electron chi connectivity index (χ3n) is 3.24. The summed E-state index contributed by atoms with van der Waals surface area (Å²) in [5.74, 6) is -0.628. The smallest absolute Gasteiger partial charge is 0.260 e. The SMILES string of the molecule is COc1ccc(CC(=O)C(N=O)C(=O)Nc2ccccc2)cc1. The van der Waals surface area contributed by atoms with Gasteiger partial charge in [-0.05, 0) is 35.0 Å². The van der Waals surface area contributed by atoms with Crippen LogP contribution in [0.25, 0.3) is 0 Å². The van der Waals surface area contributed by atoms with Crippen molar-refractivity contribution < 1.29 is 14.3 Å². The maximum absolute atomic E-state index is 12.1. The zero-order chi connectivity index (χ0) is 16.7. The number of nitroso groups, excluding NO2 is 1. The van der Waals surface area contributed by atoms with Crippen molar-refractivity contribution in [3.63, 3.8) is 0 Å². The Bertz CT molecular complexity index is 683. The number of amides is 1. The largest absolute Gasteiger partial charge is 0.497 e. The number of benzene rings is 2. The fourth-order valence-electron chi connectivity index (χ4n) is 2.03. The number of Topliss-reactive ketones (excluding diaryl/α,β-unsaturated/α-hetero) is 1. The maximum Gasteiger partial charge on any atom is 0.260 e. The molecule has 118 valence electrons. The van der Waals surface area contributed by atoms with Crippen molar-refractivity contribution in [1.82, 2.24) is 0 Å². The number of ether oxygens (including phenoxy) is 1. The van der Waals surface area contributed by atoms with Gasteiger partial charge in [-0.25, -0.2) is 0 Å². The molecule has 2 aromatic carbocycles. The fraction of sp³-hybridized carbons (Fsp3) is 0.176. The van der Waals surface area contributed by atoms with Gasteiger partial charge in [0.15, 0.2) is 5.78 Å².